The molecule has 2 heterocycles. The van der Waals surface area contributed by atoms with Gasteiger partial charge in [-0.3, -0.25) is 4.90 Å². The third-order valence-electron chi connectivity index (χ3n) is 4.07. The Hall–Kier alpha value is -0.900. The molecule has 0 radical (unpaired) electrons. The van der Waals surface area contributed by atoms with Crippen molar-refractivity contribution in [3.8, 4) is 0 Å². The van der Waals surface area contributed by atoms with Crippen LogP contribution in [0, 0.1) is 5.92 Å². The van der Waals surface area contributed by atoms with Gasteiger partial charge < -0.3 is 9.84 Å². The van der Waals surface area contributed by atoms with Crippen molar-refractivity contribution in [2.75, 3.05) is 19.8 Å². The quantitative estimate of drug-likeness (QED) is 0.850. The van der Waals surface area contributed by atoms with E-state index in [-0.39, 0.29) is 6.61 Å². The van der Waals surface area contributed by atoms with Crippen molar-refractivity contribution in [2.24, 2.45) is 5.92 Å². The van der Waals surface area contributed by atoms with E-state index in [1.54, 1.807) is 0 Å². The molecule has 2 saturated heterocycles. The number of hydrogen-bond donors (Lipinski definition) is 1. The van der Waals surface area contributed by atoms with Crippen LogP contribution >= 0.6 is 0 Å². The molecule has 3 heteroatoms. The lowest BCUT2D eigenvalue weighted by molar-refractivity contribution is -0.0444. The summed E-state index contributed by atoms with van der Waals surface area (Å²) in [5.41, 5.74) is 1.35. The van der Waals surface area contributed by atoms with Gasteiger partial charge in [0.15, 0.2) is 0 Å². The number of hydrogen-bond acceptors (Lipinski definition) is 3. The fourth-order valence-corrected chi connectivity index (χ4v) is 3.20. The summed E-state index contributed by atoms with van der Waals surface area (Å²) >= 11 is 0. The second-order valence-electron chi connectivity index (χ2n) is 5.01. The first-order chi connectivity index (χ1) is 8.40. The SMILES string of the molecule is OCCC1C2COCC2N1Cc1ccccc1. The van der Waals surface area contributed by atoms with Crippen LogP contribution in [0.3, 0.4) is 0 Å². The van der Waals surface area contributed by atoms with Crippen LogP contribution in [0.25, 0.3) is 0 Å². The van der Waals surface area contributed by atoms with Crippen molar-refractivity contribution < 1.29 is 9.84 Å². The van der Waals surface area contributed by atoms with Crippen LogP contribution in [0.1, 0.15) is 12.0 Å². The van der Waals surface area contributed by atoms with Gasteiger partial charge >= 0.3 is 0 Å². The highest BCUT2D eigenvalue weighted by atomic mass is 16.5. The topological polar surface area (TPSA) is 32.7 Å². The molecule has 17 heavy (non-hydrogen) atoms. The van der Waals surface area contributed by atoms with E-state index in [0.29, 0.717) is 18.0 Å². The first-order valence-electron chi connectivity index (χ1n) is 6.38. The maximum absolute atomic E-state index is 9.14. The summed E-state index contributed by atoms with van der Waals surface area (Å²) in [6, 6.07) is 11.6. The Bertz CT molecular complexity index is 368. The minimum atomic E-state index is 0.277. The van der Waals surface area contributed by atoms with Gasteiger partial charge in [0.05, 0.1) is 13.2 Å². The van der Waals surface area contributed by atoms with Gasteiger partial charge in [-0.05, 0) is 12.0 Å². The molecule has 3 nitrogen and oxygen atoms in total. The Labute approximate surface area is 102 Å². The highest BCUT2D eigenvalue weighted by Gasteiger charge is 2.50. The maximum Gasteiger partial charge on any atom is 0.0626 e. The average molecular weight is 233 g/mol. The predicted molar refractivity (Wildman–Crippen MR) is 65.6 cm³/mol. The van der Waals surface area contributed by atoms with Crippen LogP contribution in [0.15, 0.2) is 30.3 Å². The Kier molecular flexibility index (Phi) is 3.14. The lowest BCUT2D eigenvalue weighted by Crippen LogP contribution is -2.62. The summed E-state index contributed by atoms with van der Waals surface area (Å²) in [6.45, 7) is 3.00. The molecule has 3 unspecified atom stereocenters. The Morgan fingerprint density at radius 3 is 2.82 bits per heavy atom. The summed E-state index contributed by atoms with van der Waals surface area (Å²) in [5.74, 6) is 0.644. The smallest absolute Gasteiger partial charge is 0.0626 e. The molecule has 3 rings (SSSR count). The van der Waals surface area contributed by atoms with Gasteiger partial charge in [-0.1, -0.05) is 30.3 Å². The number of rotatable bonds is 4. The zero-order valence-electron chi connectivity index (χ0n) is 9.96. The van der Waals surface area contributed by atoms with Crippen molar-refractivity contribution in [3.63, 3.8) is 0 Å². The highest BCUT2D eigenvalue weighted by Crippen LogP contribution is 2.39. The second-order valence-corrected chi connectivity index (χ2v) is 5.01. The number of nitrogens with zero attached hydrogens (tertiary/aromatic N) is 1. The molecule has 2 aliphatic rings. The van der Waals surface area contributed by atoms with E-state index in [9.17, 15) is 0 Å². The van der Waals surface area contributed by atoms with Gasteiger partial charge in [-0.15, -0.1) is 0 Å². The number of aliphatic hydroxyl groups excluding tert-OH is 1. The van der Waals surface area contributed by atoms with Crippen LogP contribution in [0.4, 0.5) is 0 Å². The number of fused-ring (bicyclic) bond motifs is 1. The van der Waals surface area contributed by atoms with Crippen LogP contribution in [-0.2, 0) is 11.3 Å². The Balaban J connectivity index is 1.69. The van der Waals surface area contributed by atoms with Gasteiger partial charge in [0.2, 0.25) is 0 Å². The van der Waals surface area contributed by atoms with E-state index in [1.165, 1.54) is 5.56 Å². The van der Waals surface area contributed by atoms with Gasteiger partial charge in [-0.25, -0.2) is 0 Å². The lowest BCUT2D eigenvalue weighted by Gasteiger charge is -2.51. The molecule has 0 amide bonds. The van der Waals surface area contributed by atoms with Crippen LogP contribution in [0.2, 0.25) is 0 Å². The van der Waals surface area contributed by atoms with Crippen molar-refractivity contribution in [1.29, 1.82) is 0 Å². The summed E-state index contributed by atoms with van der Waals surface area (Å²) in [7, 11) is 0. The second kappa shape index (κ2) is 4.77. The molecule has 0 aromatic heterocycles. The Morgan fingerprint density at radius 1 is 1.24 bits per heavy atom. The zero-order chi connectivity index (χ0) is 11.7. The van der Waals surface area contributed by atoms with Crippen molar-refractivity contribution in [3.05, 3.63) is 35.9 Å². The number of benzene rings is 1. The van der Waals surface area contributed by atoms with Crippen LogP contribution < -0.4 is 0 Å². The standard InChI is InChI=1S/C14H19NO2/c16-7-6-13-12-9-17-10-14(12)15(13)8-11-4-2-1-3-5-11/h1-5,12-14,16H,6-10H2. The Morgan fingerprint density at radius 2 is 2.06 bits per heavy atom. The highest BCUT2D eigenvalue weighted by molar-refractivity contribution is 5.16. The normalized spacial score (nSPS) is 32.2. The zero-order valence-corrected chi connectivity index (χ0v) is 9.96. The minimum Gasteiger partial charge on any atom is -0.396 e. The average Bonchev–Trinajstić information content (AvgIpc) is 2.79. The van der Waals surface area contributed by atoms with E-state index >= 15 is 0 Å². The largest absolute Gasteiger partial charge is 0.396 e. The fraction of sp³-hybridized carbons (Fsp3) is 0.571. The van der Waals surface area contributed by atoms with Gasteiger partial charge in [0.1, 0.15) is 0 Å². The third-order valence-corrected chi connectivity index (χ3v) is 4.07. The van der Waals surface area contributed by atoms with Gasteiger partial charge in [0, 0.05) is 31.2 Å². The molecule has 0 aliphatic carbocycles. The van der Waals surface area contributed by atoms with Gasteiger partial charge in [-0.2, -0.15) is 0 Å². The van der Waals surface area contributed by atoms with E-state index in [0.717, 1.165) is 26.2 Å². The molecule has 2 fully saturated rings. The van der Waals surface area contributed by atoms with Crippen molar-refractivity contribution >= 4 is 0 Å². The van der Waals surface area contributed by atoms with E-state index < -0.39 is 0 Å². The van der Waals surface area contributed by atoms with E-state index in [4.69, 9.17) is 9.84 Å². The van der Waals surface area contributed by atoms with Crippen molar-refractivity contribution in [1.82, 2.24) is 4.90 Å². The molecular formula is C14H19NO2. The summed E-state index contributed by atoms with van der Waals surface area (Å²) < 4.78 is 5.55. The van der Waals surface area contributed by atoms with E-state index in [2.05, 4.69) is 29.2 Å². The first-order valence-corrected chi connectivity index (χ1v) is 6.38. The maximum atomic E-state index is 9.14. The molecule has 0 bridgehead atoms. The summed E-state index contributed by atoms with van der Waals surface area (Å²) in [5, 5.41) is 9.14. The third kappa shape index (κ3) is 1.99. The lowest BCUT2D eigenvalue weighted by atomic mass is 9.80. The summed E-state index contributed by atoms with van der Waals surface area (Å²) in [6.07, 6.45) is 0.872. The molecule has 1 N–H and O–H groups in total. The van der Waals surface area contributed by atoms with Crippen LogP contribution in [0.5, 0.6) is 0 Å². The molecule has 2 aliphatic heterocycles. The predicted octanol–water partition coefficient (Wildman–Crippen LogP) is 1.27. The molecule has 3 atom stereocenters. The molecule has 0 saturated carbocycles. The minimum absolute atomic E-state index is 0.277. The number of likely N-dealkylation sites (tertiary alicyclic amines) is 1. The van der Waals surface area contributed by atoms with Crippen molar-refractivity contribution in [2.45, 2.75) is 25.0 Å². The molecule has 1 aromatic carbocycles. The van der Waals surface area contributed by atoms with Crippen LogP contribution in [-0.4, -0.2) is 41.9 Å². The van der Waals surface area contributed by atoms with E-state index in [1.807, 2.05) is 6.07 Å². The first kappa shape index (κ1) is 11.2. The molecule has 92 valence electrons. The fourth-order valence-electron chi connectivity index (χ4n) is 3.20. The summed E-state index contributed by atoms with van der Waals surface area (Å²) in [4.78, 5) is 2.49. The number of aliphatic hydroxyl groups is 1. The van der Waals surface area contributed by atoms with Gasteiger partial charge in [0.25, 0.3) is 0 Å². The molecule has 0 spiro atoms. The number of ether oxygens (including phenoxy) is 1. The molecule has 1 aromatic rings. The monoisotopic (exact) mass is 233 g/mol. The molecular weight excluding hydrogens is 214 g/mol.